The van der Waals surface area contributed by atoms with E-state index in [0.717, 1.165) is 13.0 Å². The summed E-state index contributed by atoms with van der Waals surface area (Å²) in [4.78, 5) is 13.5. The van der Waals surface area contributed by atoms with Crippen molar-refractivity contribution in [3.63, 3.8) is 0 Å². The lowest BCUT2D eigenvalue weighted by molar-refractivity contribution is -0.135. The molecule has 2 heterocycles. The van der Waals surface area contributed by atoms with Gasteiger partial charge in [0.2, 0.25) is 5.91 Å². The third-order valence-electron chi connectivity index (χ3n) is 3.44. The zero-order chi connectivity index (χ0) is 11.6. The molecule has 0 aromatic heterocycles. The van der Waals surface area contributed by atoms with Crippen molar-refractivity contribution in [3.8, 4) is 0 Å². The molecule has 2 unspecified atom stereocenters. The molecular formula is C11H18ClNO3. The minimum Gasteiger partial charge on any atom is -0.393 e. The fourth-order valence-electron chi connectivity index (χ4n) is 2.58. The molecule has 4 nitrogen and oxygen atoms in total. The molecule has 92 valence electrons. The van der Waals surface area contributed by atoms with Crippen LogP contribution in [0.25, 0.3) is 0 Å². The molecular weight excluding hydrogens is 230 g/mol. The van der Waals surface area contributed by atoms with Crippen molar-refractivity contribution in [2.45, 2.75) is 37.4 Å². The van der Waals surface area contributed by atoms with Crippen LogP contribution in [0.1, 0.15) is 25.7 Å². The molecule has 1 spiro atoms. The maximum absolute atomic E-state index is 11.7. The van der Waals surface area contributed by atoms with Crippen LogP contribution in [0.15, 0.2) is 0 Å². The summed E-state index contributed by atoms with van der Waals surface area (Å²) in [5, 5.41) is 9.66. The van der Waals surface area contributed by atoms with E-state index in [1.54, 1.807) is 4.90 Å². The smallest absolute Gasteiger partial charge is 0.223 e. The molecule has 2 atom stereocenters. The first kappa shape index (κ1) is 12.1. The van der Waals surface area contributed by atoms with Crippen LogP contribution < -0.4 is 0 Å². The number of ether oxygens (including phenoxy) is 1. The zero-order valence-electron chi connectivity index (χ0n) is 9.32. The third-order valence-corrected chi connectivity index (χ3v) is 3.63. The van der Waals surface area contributed by atoms with Crippen molar-refractivity contribution in [1.82, 2.24) is 4.90 Å². The Bertz CT molecular complexity index is 274. The summed E-state index contributed by atoms with van der Waals surface area (Å²) < 4.78 is 5.77. The summed E-state index contributed by atoms with van der Waals surface area (Å²) >= 11 is 5.56. The van der Waals surface area contributed by atoms with Gasteiger partial charge in [0.05, 0.1) is 11.7 Å². The van der Waals surface area contributed by atoms with E-state index < -0.39 is 0 Å². The second kappa shape index (κ2) is 4.90. The minimum absolute atomic E-state index is 0.0931. The quantitative estimate of drug-likeness (QED) is 0.733. The number of hydrogen-bond donors (Lipinski definition) is 1. The van der Waals surface area contributed by atoms with Gasteiger partial charge in [-0.1, -0.05) is 0 Å². The second-order valence-corrected chi connectivity index (χ2v) is 5.06. The van der Waals surface area contributed by atoms with E-state index in [1.807, 2.05) is 0 Å². The number of aliphatic hydroxyl groups excluding tert-OH is 1. The fraction of sp³-hybridized carbons (Fsp3) is 0.909. The monoisotopic (exact) mass is 247 g/mol. The largest absolute Gasteiger partial charge is 0.393 e. The van der Waals surface area contributed by atoms with Gasteiger partial charge in [-0.2, -0.15) is 0 Å². The topological polar surface area (TPSA) is 49.8 Å². The Morgan fingerprint density at radius 1 is 1.62 bits per heavy atom. The van der Waals surface area contributed by atoms with Crippen LogP contribution in [0.4, 0.5) is 0 Å². The fourth-order valence-corrected chi connectivity index (χ4v) is 2.74. The summed E-state index contributed by atoms with van der Waals surface area (Å²) in [6.45, 7) is 1.93. The number of alkyl halides is 1. The number of nitrogens with zero attached hydrogens (tertiary/aromatic N) is 1. The molecule has 0 aromatic carbocycles. The normalized spacial score (nSPS) is 34.6. The highest BCUT2D eigenvalue weighted by molar-refractivity contribution is 6.18. The molecule has 1 amide bonds. The maximum atomic E-state index is 11.7. The Balaban J connectivity index is 1.93. The average molecular weight is 248 g/mol. The molecule has 5 heteroatoms. The molecule has 0 aliphatic carbocycles. The number of halogens is 1. The third kappa shape index (κ3) is 2.50. The SMILES string of the molecule is O=C(CCCl)N1CCC2(CC(O)CCO2)C1. The van der Waals surface area contributed by atoms with Crippen LogP contribution in [0, 0.1) is 0 Å². The lowest BCUT2D eigenvalue weighted by Gasteiger charge is -2.36. The van der Waals surface area contributed by atoms with Gasteiger partial charge in [-0.05, 0) is 12.8 Å². The maximum Gasteiger partial charge on any atom is 0.223 e. The standard InChI is InChI=1S/C11H18ClNO3/c12-4-1-10(15)13-5-3-11(8-13)7-9(14)2-6-16-11/h9,14H,1-8H2. The van der Waals surface area contributed by atoms with Crippen molar-refractivity contribution in [1.29, 1.82) is 0 Å². The predicted molar refractivity (Wildman–Crippen MR) is 60.5 cm³/mol. The number of hydrogen-bond acceptors (Lipinski definition) is 3. The highest BCUT2D eigenvalue weighted by atomic mass is 35.5. The van der Waals surface area contributed by atoms with Crippen LogP contribution in [-0.2, 0) is 9.53 Å². The van der Waals surface area contributed by atoms with Crippen molar-refractivity contribution in [2.75, 3.05) is 25.6 Å². The van der Waals surface area contributed by atoms with Gasteiger partial charge in [0.15, 0.2) is 0 Å². The number of rotatable bonds is 2. The molecule has 1 N–H and O–H groups in total. The number of carbonyl (C=O) groups excluding carboxylic acids is 1. The van der Waals surface area contributed by atoms with Crippen LogP contribution >= 0.6 is 11.6 Å². The lowest BCUT2D eigenvalue weighted by atomic mass is 9.91. The van der Waals surface area contributed by atoms with E-state index >= 15 is 0 Å². The Kier molecular flexibility index (Phi) is 3.72. The summed E-state index contributed by atoms with van der Waals surface area (Å²) in [5.41, 5.74) is -0.292. The molecule has 2 saturated heterocycles. The van der Waals surface area contributed by atoms with E-state index in [4.69, 9.17) is 16.3 Å². The molecule has 0 aromatic rings. The number of aliphatic hydroxyl groups is 1. The van der Waals surface area contributed by atoms with Gasteiger partial charge in [0.25, 0.3) is 0 Å². The van der Waals surface area contributed by atoms with Gasteiger partial charge in [0.1, 0.15) is 0 Å². The molecule has 2 aliphatic rings. The van der Waals surface area contributed by atoms with Gasteiger partial charge < -0.3 is 14.7 Å². The lowest BCUT2D eigenvalue weighted by Crippen LogP contribution is -2.44. The minimum atomic E-state index is -0.292. The molecule has 0 saturated carbocycles. The molecule has 0 radical (unpaired) electrons. The first-order valence-corrected chi connectivity index (χ1v) is 6.34. The Hall–Kier alpha value is -0.320. The van der Waals surface area contributed by atoms with Crippen LogP contribution in [0.3, 0.4) is 0 Å². The van der Waals surface area contributed by atoms with Crippen LogP contribution in [-0.4, -0.2) is 53.2 Å². The van der Waals surface area contributed by atoms with E-state index in [0.29, 0.717) is 38.3 Å². The first-order chi connectivity index (χ1) is 7.65. The van der Waals surface area contributed by atoms with E-state index in [2.05, 4.69) is 0 Å². The first-order valence-electron chi connectivity index (χ1n) is 5.81. The summed E-state index contributed by atoms with van der Waals surface area (Å²) in [7, 11) is 0. The number of amides is 1. The Morgan fingerprint density at radius 3 is 3.12 bits per heavy atom. The van der Waals surface area contributed by atoms with Gasteiger partial charge >= 0.3 is 0 Å². The van der Waals surface area contributed by atoms with Gasteiger partial charge in [-0.25, -0.2) is 0 Å². The van der Waals surface area contributed by atoms with Crippen molar-refractivity contribution in [2.24, 2.45) is 0 Å². The summed E-state index contributed by atoms with van der Waals surface area (Å²) in [5.74, 6) is 0.460. The summed E-state index contributed by atoms with van der Waals surface area (Å²) in [6, 6.07) is 0. The molecule has 2 aliphatic heterocycles. The van der Waals surface area contributed by atoms with Crippen molar-refractivity contribution >= 4 is 17.5 Å². The van der Waals surface area contributed by atoms with Gasteiger partial charge in [-0.15, -0.1) is 11.6 Å². The zero-order valence-corrected chi connectivity index (χ0v) is 10.1. The predicted octanol–water partition coefficient (Wildman–Crippen LogP) is 0.758. The van der Waals surface area contributed by atoms with E-state index in [1.165, 1.54) is 0 Å². The Labute approximate surface area is 101 Å². The number of carbonyl (C=O) groups is 1. The average Bonchev–Trinajstić information content (AvgIpc) is 2.62. The molecule has 2 fully saturated rings. The Morgan fingerprint density at radius 2 is 2.44 bits per heavy atom. The van der Waals surface area contributed by atoms with Gasteiger partial charge in [0, 0.05) is 38.4 Å². The molecule has 0 bridgehead atoms. The second-order valence-electron chi connectivity index (χ2n) is 4.68. The van der Waals surface area contributed by atoms with Gasteiger partial charge in [-0.3, -0.25) is 4.79 Å². The molecule has 16 heavy (non-hydrogen) atoms. The van der Waals surface area contributed by atoms with E-state index in [-0.39, 0.29) is 17.6 Å². The van der Waals surface area contributed by atoms with Crippen molar-refractivity contribution in [3.05, 3.63) is 0 Å². The molecule has 2 rings (SSSR count). The highest BCUT2D eigenvalue weighted by Gasteiger charge is 2.43. The summed E-state index contributed by atoms with van der Waals surface area (Å²) in [6.07, 6.45) is 2.30. The number of likely N-dealkylation sites (tertiary alicyclic amines) is 1. The van der Waals surface area contributed by atoms with Crippen molar-refractivity contribution < 1.29 is 14.6 Å². The highest BCUT2D eigenvalue weighted by Crippen LogP contribution is 2.34. The van der Waals surface area contributed by atoms with Crippen LogP contribution in [0.2, 0.25) is 0 Å². The van der Waals surface area contributed by atoms with E-state index in [9.17, 15) is 9.90 Å². The van der Waals surface area contributed by atoms with Crippen LogP contribution in [0.5, 0.6) is 0 Å².